The van der Waals surface area contributed by atoms with E-state index >= 15 is 0 Å². The molecule has 1 saturated heterocycles. The Morgan fingerprint density at radius 1 is 1.19 bits per heavy atom. The summed E-state index contributed by atoms with van der Waals surface area (Å²) in [6.45, 7) is 6.02. The van der Waals surface area contributed by atoms with Crippen molar-refractivity contribution in [2.24, 2.45) is 0 Å². The van der Waals surface area contributed by atoms with Crippen molar-refractivity contribution >= 4 is 11.8 Å². The van der Waals surface area contributed by atoms with Crippen molar-refractivity contribution in [3.8, 4) is 0 Å². The number of hydrogen-bond acceptors (Lipinski definition) is 7. The normalized spacial score (nSPS) is 20.3. The number of nitrogens with one attached hydrogen (secondary N) is 2. The van der Waals surface area contributed by atoms with Crippen LogP contribution in [0.15, 0.2) is 18.5 Å². The van der Waals surface area contributed by atoms with Crippen molar-refractivity contribution in [3.05, 3.63) is 35.5 Å². The molecule has 26 heavy (non-hydrogen) atoms. The van der Waals surface area contributed by atoms with Crippen LogP contribution in [0.2, 0.25) is 0 Å². The first kappa shape index (κ1) is 17.1. The maximum absolute atomic E-state index is 4.84. The molecule has 0 saturated carbocycles. The summed E-state index contributed by atoms with van der Waals surface area (Å²) in [6.07, 6.45) is 8.72. The van der Waals surface area contributed by atoms with E-state index in [1.54, 1.807) is 0 Å². The first-order chi connectivity index (χ1) is 12.8. The molecular weight excluding hydrogens is 326 g/mol. The smallest absolute Gasteiger partial charge is 0.225 e. The Morgan fingerprint density at radius 3 is 2.88 bits per heavy atom. The molecule has 4 heterocycles. The summed E-state index contributed by atoms with van der Waals surface area (Å²) in [5.74, 6) is 2.79. The van der Waals surface area contributed by atoms with Crippen molar-refractivity contribution in [2.45, 2.75) is 45.1 Å². The first-order valence-electron chi connectivity index (χ1n) is 9.71. The maximum Gasteiger partial charge on any atom is 0.225 e. The van der Waals surface area contributed by atoms with Gasteiger partial charge in [0.1, 0.15) is 11.6 Å². The third-order valence-electron chi connectivity index (χ3n) is 5.14. The molecule has 1 atom stereocenters. The molecule has 2 aromatic rings. The number of anilines is 2. The lowest BCUT2D eigenvalue weighted by Crippen LogP contribution is -2.43. The second-order valence-corrected chi connectivity index (χ2v) is 7.00. The fourth-order valence-electron chi connectivity index (χ4n) is 3.80. The number of nitrogens with zero attached hydrogens (tertiary/aromatic N) is 5. The zero-order chi connectivity index (χ0) is 17.8. The summed E-state index contributed by atoms with van der Waals surface area (Å²) in [5, 5.41) is 7.21. The average molecular weight is 353 g/mol. The summed E-state index contributed by atoms with van der Waals surface area (Å²) < 4.78 is 0. The van der Waals surface area contributed by atoms with Crippen molar-refractivity contribution in [1.29, 1.82) is 0 Å². The molecule has 1 unspecified atom stereocenters. The topological polar surface area (TPSA) is 78.9 Å². The highest BCUT2D eigenvalue weighted by molar-refractivity contribution is 5.49. The monoisotopic (exact) mass is 353 g/mol. The van der Waals surface area contributed by atoms with Crippen LogP contribution in [-0.2, 0) is 19.3 Å². The van der Waals surface area contributed by atoms with Crippen LogP contribution < -0.4 is 15.5 Å². The van der Waals surface area contributed by atoms with Crippen molar-refractivity contribution in [3.63, 3.8) is 0 Å². The van der Waals surface area contributed by atoms with Gasteiger partial charge >= 0.3 is 0 Å². The molecule has 2 aromatic heterocycles. The van der Waals surface area contributed by atoms with E-state index in [4.69, 9.17) is 9.97 Å². The molecule has 0 radical (unpaired) electrons. The number of piperidine rings is 1. The van der Waals surface area contributed by atoms with Gasteiger partial charge in [-0.2, -0.15) is 0 Å². The van der Waals surface area contributed by atoms with Gasteiger partial charge in [-0.05, 0) is 31.9 Å². The van der Waals surface area contributed by atoms with Gasteiger partial charge in [0.25, 0.3) is 0 Å². The lowest BCUT2D eigenvalue weighted by Gasteiger charge is -2.33. The summed E-state index contributed by atoms with van der Waals surface area (Å²) in [6, 6.07) is 2.21. The van der Waals surface area contributed by atoms with E-state index in [1.165, 1.54) is 11.3 Å². The number of aryl methyl sites for hydroxylation is 1. The molecule has 0 spiro atoms. The Hall–Kier alpha value is -2.28. The molecule has 2 N–H and O–H groups in total. The molecule has 4 rings (SSSR count). The van der Waals surface area contributed by atoms with Crippen molar-refractivity contribution in [1.82, 2.24) is 25.3 Å². The number of hydrogen-bond donors (Lipinski definition) is 2. The predicted molar refractivity (Wildman–Crippen MR) is 103 cm³/mol. The first-order valence-corrected chi connectivity index (χ1v) is 9.71. The van der Waals surface area contributed by atoms with E-state index in [1.807, 2.05) is 18.5 Å². The summed E-state index contributed by atoms with van der Waals surface area (Å²) in [7, 11) is 0. The average Bonchev–Trinajstić information content (AvgIpc) is 2.94. The van der Waals surface area contributed by atoms with Gasteiger partial charge in [0.05, 0.1) is 5.69 Å². The Balaban J connectivity index is 1.54. The van der Waals surface area contributed by atoms with Gasteiger partial charge in [0, 0.05) is 56.5 Å². The largest absolute Gasteiger partial charge is 0.365 e. The van der Waals surface area contributed by atoms with Gasteiger partial charge in [0.15, 0.2) is 0 Å². The van der Waals surface area contributed by atoms with Crippen LogP contribution in [0.1, 0.15) is 36.8 Å². The van der Waals surface area contributed by atoms with Crippen LogP contribution in [0.5, 0.6) is 0 Å². The Morgan fingerprint density at radius 2 is 2.04 bits per heavy atom. The molecule has 2 aliphatic rings. The number of rotatable bonds is 4. The Kier molecular flexibility index (Phi) is 5.24. The summed E-state index contributed by atoms with van der Waals surface area (Å²) in [4.78, 5) is 20.7. The number of aromatic nitrogens is 4. The van der Waals surface area contributed by atoms with Crippen LogP contribution >= 0.6 is 0 Å². The molecule has 1 fully saturated rings. The van der Waals surface area contributed by atoms with Crippen LogP contribution in [0.3, 0.4) is 0 Å². The van der Waals surface area contributed by atoms with Gasteiger partial charge in [-0.1, -0.05) is 6.92 Å². The second kappa shape index (κ2) is 7.95. The summed E-state index contributed by atoms with van der Waals surface area (Å²) >= 11 is 0. The quantitative estimate of drug-likeness (QED) is 0.864. The van der Waals surface area contributed by atoms with E-state index in [2.05, 4.69) is 32.4 Å². The molecule has 0 aliphatic carbocycles. The molecule has 0 aromatic carbocycles. The molecule has 0 amide bonds. The maximum atomic E-state index is 4.84. The molecule has 7 nitrogen and oxygen atoms in total. The van der Waals surface area contributed by atoms with Gasteiger partial charge in [0.2, 0.25) is 5.95 Å². The van der Waals surface area contributed by atoms with E-state index in [0.717, 1.165) is 75.9 Å². The third-order valence-corrected chi connectivity index (χ3v) is 5.14. The molecular formula is C19H27N7. The standard InChI is InChI=1S/C19H27N7/c1-2-17-24-16-7-11-20-10-6-15(16)18(25-17)23-14-5-3-12-26(13-14)19-21-8-4-9-22-19/h4,8-9,14,20H,2-3,5-7,10-13H2,1H3,(H,23,24,25). The van der Waals surface area contributed by atoms with E-state index in [-0.39, 0.29) is 0 Å². The van der Waals surface area contributed by atoms with Gasteiger partial charge in [-0.15, -0.1) is 0 Å². The lowest BCUT2D eigenvalue weighted by atomic mass is 10.0. The third kappa shape index (κ3) is 3.77. The Bertz CT molecular complexity index is 734. The second-order valence-electron chi connectivity index (χ2n) is 7.00. The fourth-order valence-corrected chi connectivity index (χ4v) is 3.80. The highest BCUT2D eigenvalue weighted by atomic mass is 15.3. The van der Waals surface area contributed by atoms with Crippen LogP contribution in [0, 0.1) is 0 Å². The van der Waals surface area contributed by atoms with Crippen LogP contribution in [0.4, 0.5) is 11.8 Å². The van der Waals surface area contributed by atoms with E-state index in [0.29, 0.717) is 6.04 Å². The molecule has 0 bridgehead atoms. The minimum absolute atomic E-state index is 0.354. The minimum atomic E-state index is 0.354. The zero-order valence-corrected chi connectivity index (χ0v) is 15.4. The zero-order valence-electron chi connectivity index (χ0n) is 15.4. The highest BCUT2D eigenvalue weighted by Gasteiger charge is 2.24. The van der Waals surface area contributed by atoms with Crippen molar-refractivity contribution in [2.75, 3.05) is 36.4 Å². The summed E-state index contributed by atoms with van der Waals surface area (Å²) in [5.41, 5.74) is 2.50. The fraction of sp³-hybridized carbons (Fsp3) is 0.579. The molecule has 138 valence electrons. The van der Waals surface area contributed by atoms with Crippen LogP contribution in [0.25, 0.3) is 0 Å². The van der Waals surface area contributed by atoms with Gasteiger partial charge < -0.3 is 15.5 Å². The SMILES string of the molecule is CCc1nc2c(c(NC3CCCN(c4ncccn4)C3)n1)CCNCC2. The van der Waals surface area contributed by atoms with Crippen LogP contribution in [-0.4, -0.2) is 52.2 Å². The minimum Gasteiger partial charge on any atom is -0.365 e. The molecule has 2 aliphatic heterocycles. The number of fused-ring (bicyclic) bond motifs is 1. The predicted octanol–water partition coefficient (Wildman–Crippen LogP) is 1.60. The van der Waals surface area contributed by atoms with Crippen molar-refractivity contribution < 1.29 is 0 Å². The molecule has 7 heteroatoms. The Labute approximate surface area is 154 Å². The van der Waals surface area contributed by atoms with E-state index < -0.39 is 0 Å². The van der Waals surface area contributed by atoms with Gasteiger partial charge in [-0.25, -0.2) is 19.9 Å². The van der Waals surface area contributed by atoms with Gasteiger partial charge in [-0.3, -0.25) is 0 Å². The lowest BCUT2D eigenvalue weighted by molar-refractivity contribution is 0.521. The van der Waals surface area contributed by atoms with E-state index in [9.17, 15) is 0 Å². The highest BCUT2D eigenvalue weighted by Crippen LogP contribution is 2.24.